The van der Waals surface area contributed by atoms with Crippen molar-refractivity contribution < 1.29 is 4.74 Å². The lowest BCUT2D eigenvalue weighted by Crippen LogP contribution is -2.54. The highest BCUT2D eigenvalue weighted by molar-refractivity contribution is 5.27. The predicted molar refractivity (Wildman–Crippen MR) is 96.3 cm³/mol. The highest BCUT2D eigenvalue weighted by Gasteiger charge is 2.13. The molecule has 0 atom stereocenters. The maximum Gasteiger partial charge on any atom is 0.336 e. The van der Waals surface area contributed by atoms with E-state index in [1.165, 1.54) is 12.2 Å². The Morgan fingerprint density at radius 3 is 2.04 bits per heavy atom. The standard InChI is InChI=1S/C18H21N3O4/c1-4-9-19-16(22)20(10-5-2)18(24)21(17(19)23)11-12-25-15-8-6-7-14(3)13-15/h4-8,13H,1-2,9-12H2,3H3. The smallest absolute Gasteiger partial charge is 0.336 e. The highest BCUT2D eigenvalue weighted by atomic mass is 16.5. The first kappa shape index (κ1) is 18.3. The summed E-state index contributed by atoms with van der Waals surface area (Å²) in [6, 6.07) is 7.45. The van der Waals surface area contributed by atoms with E-state index in [1.54, 1.807) is 6.07 Å². The largest absolute Gasteiger partial charge is 0.492 e. The average molecular weight is 343 g/mol. The van der Waals surface area contributed by atoms with E-state index in [4.69, 9.17) is 4.74 Å². The van der Waals surface area contributed by atoms with Gasteiger partial charge in [-0.3, -0.25) is 0 Å². The van der Waals surface area contributed by atoms with Gasteiger partial charge in [0.1, 0.15) is 12.4 Å². The number of allylic oxidation sites excluding steroid dienone is 2. The lowest BCUT2D eigenvalue weighted by atomic mass is 10.2. The second-order valence-electron chi connectivity index (χ2n) is 5.46. The minimum absolute atomic E-state index is 0.0217. The molecule has 132 valence electrons. The number of ether oxygens (including phenoxy) is 1. The molecule has 1 heterocycles. The van der Waals surface area contributed by atoms with Crippen LogP contribution in [0.5, 0.6) is 5.75 Å². The third-order valence-corrected chi connectivity index (χ3v) is 3.58. The fraction of sp³-hybridized carbons (Fsp3) is 0.278. The fourth-order valence-electron chi connectivity index (χ4n) is 2.40. The zero-order chi connectivity index (χ0) is 18.4. The average Bonchev–Trinajstić information content (AvgIpc) is 2.59. The zero-order valence-electron chi connectivity index (χ0n) is 14.2. The Morgan fingerprint density at radius 2 is 1.52 bits per heavy atom. The summed E-state index contributed by atoms with van der Waals surface area (Å²) in [5, 5.41) is 0. The third-order valence-electron chi connectivity index (χ3n) is 3.58. The Labute approximate surface area is 144 Å². The number of aryl methyl sites for hydroxylation is 1. The molecule has 7 heteroatoms. The van der Waals surface area contributed by atoms with Gasteiger partial charge in [0.15, 0.2) is 0 Å². The van der Waals surface area contributed by atoms with Gasteiger partial charge in [0.25, 0.3) is 0 Å². The lowest BCUT2D eigenvalue weighted by Gasteiger charge is -2.13. The molecule has 2 rings (SSSR count). The zero-order valence-corrected chi connectivity index (χ0v) is 14.2. The molecule has 0 aliphatic rings. The maximum absolute atomic E-state index is 12.4. The number of aromatic nitrogens is 3. The van der Waals surface area contributed by atoms with Crippen molar-refractivity contribution in [2.75, 3.05) is 6.61 Å². The third kappa shape index (κ3) is 4.06. The van der Waals surface area contributed by atoms with Gasteiger partial charge in [-0.1, -0.05) is 24.3 Å². The van der Waals surface area contributed by atoms with Gasteiger partial charge >= 0.3 is 17.1 Å². The molecule has 2 aromatic rings. The van der Waals surface area contributed by atoms with Gasteiger partial charge in [0, 0.05) is 0 Å². The molecule has 0 amide bonds. The summed E-state index contributed by atoms with van der Waals surface area (Å²) < 4.78 is 8.51. The first-order valence-electron chi connectivity index (χ1n) is 7.85. The molecule has 0 aliphatic heterocycles. The number of hydrogen-bond donors (Lipinski definition) is 0. The van der Waals surface area contributed by atoms with Crippen LogP contribution in [0, 0.1) is 6.92 Å². The normalized spacial score (nSPS) is 10.4. The van der Waals surface area contributed by atoms with E-state index >= 15 is 0 Å². The first-order valence-corrected chi connectivity index (χ1v) is 7.85. The summed E-state index contributed by atoms with van der Waals surface area (Å²) in [5.74, 6) is 0.652. The van der Waals surface area contributed by atoms with Crippen LogP contribution in [0.3, 0.4) is 0 Å². The summed E-state index contributed by atoms with van der Waals surface area (Å²) >= 11 is 0. The molecular formula is C18H21N3O4. The molecule has 0 aliphatic carbocycles. The van der Waals surface area contributed by atoms with E-state index in [1.807, 2.05) is 25.1 Å². The molecule has 0 saturated heterocycles. The molecule has 0 N–H and O–H groups in total. The van der Waals surface area contributed by atoms with Crippen molar-refractivity contribution in [2.24, 2.45) is 0 Å². The van der Waals surface area contributed by atoms with Gasteiger partial charge in [-0.05, 0) is 24.6 Å². The van der Waals surface area contributed by atoms with Crippen molar-refractivity contribution in [3.63, 3.8) is 0 Å². The van der Waals surface area contributed by atoms with Crippen molar-refractivity contribution in [3.8, 4) is 5.75 Å². The van der Waals surface area contributed by atoms with E-state index < -0.39 is 17.1 Å². The van der Waals surface area contributed by atoms with Crippen LogP contribution in [0.1, 0.15) is 5.56 Å². The van der Waals surface area contributed by atoms with Crippen LogP contribution in [0.4, 0.5) is 0 Å². The number of rotatable bonds is 8. The van der Waals surface area contributed by atoms with Gasteiger partial charge in [-0.2, -0.15) is 0 Å². The van der Waals surface area contributed by atoms with Gasteiger partial charge in [-0.25, -0.2) is 28.1 Å². The molecule has 1 aromatic carbocycles. The summed E-state index contributed by atoms with van der Waals surface area (Å²) in [6.07, 6.45) is 2.86. The van der Waals surface area contributed by atoms with Crippen LogP contribution in [0.15, 0.2) is 64.0 Å². The van der Waals surface area contributed by atoms with E-state index in [9.17, 15) is 14.4 Å². The van der Waals surface area contributed by atoms with Crippen LogP contribution in [0.25, 0.3) is 0 Å². The molecule has 0 unspecified atom stereocenters. The monoisotopic (exact) mass is 343 g/mol. The molecule has 0 spiro atoms. The molecule has 0 radical (unpaired) electrons. The van der Waals surface area contributed by atoms with Gasteiger partial charge in [0.2, 0.25) is 0 Å². The Kier molecular flexibility index (Phi) is 5.94. The quantitative estimate of drug-likeness (QED) is 0.668. The van der Waals surface area contributed by atoms with Crippen LogP contribution >= 0.6 is 0 Å². The van der Waals surface area contributed by atoms with Crippen molar-refractivity contribution in [3.05, 3.63) is 86.6 Å². The predicted octanol–water partition coefficient (Wildman–Crippen LogP) is 0.931. The van der Waals surface area contributed by atoms with E-state index in [2.05, 4.69) is 13.2 Å². The summed E-state index contributed by atoms with van der Waals surface area (Å²) in [6.45, 7) is 9.21. The van der Waals surface area contributed by atoms with Crippen molar-refractivity contribution in [1.29, 1.82) is 0 Å². The van der Waals surface area contributed by atoms with E-state index in [0.29, 0.717) is 5.75 Å². The Morgan fingerprint density at radius 1 is 0.960 bits per heavy atom. The van der Waals surface area contributed by atoms with Crippen LogP contribution < -0.4 is 21.8 Å². The number of nitrogens with zero attached hydrogens (tertiary/aromatic N) is 3. The summed E-state index contributed by atoms with van der Waals surface area (Å²) in [7, 11) is 0. The van der Waals surface area contributed by atoms with Crippen LogP contribution in [-0.2, 0) is 19.6 Å². The first-order chi connectivity index (χ1) is 12.0. The molecule has 0 fully saturated rings. The van der Waals surface area contributed by atoms with Gasteiger partial charge in [-0.15, -0.1) is 13.2 Å². The molecule has 7 nitrogen and oxygen atoms in total. The second-order valence-corrected chi connectivity index (χ2v) is 5.46. The Balaban J connectivity index is 2.34. The lowest BCUT2D eigenvalue weighted by molar-refractivity contribution is 0.286. The number of benzene rings is 1. The molecule has 25 heavy (non-hydrogen) atoms. The van der Waals surface area contributed by atoms with Crippen molar-refractivity contribution >= 4 is 0 Å². The molecule has 0 bridgehead atoms. The topological polar surface area (TPSA) is 75.2 Å². The van der Waals surface area contributed by atoms with Crippen molar-refractivity contribution in [2.45, 2.75) is 26.6 Å². The minimum Gasteiger partial charge on any atom is -0.492 e. The van der Waals surface area contributed by atoms with Crippen LogP contribution in [-0.4, -0.2) is 20.3 Å². The molecular weight excluding hydrogens is 322 g/mol. The van der Waals surface area contributed by atoms with Crippen molar-refractivity contribution in [1.82, 2.24) is 13.7 Å². The molecule has 0 saturated carbocycles. The Bertz CT molecular complexity index is 902. The van der Waals surface area contributed by atoms with Gasteiger partial charge < -0.3 is 4.74 Å². The summed E-state index contributed by atoms with van der Waals surface area (Å²) in [5.41, 5.74) is -0.987. The maximum atomic E-state index is 12.4. The van der Waals surface area contributed by atoms with E-state index in [0.717, 1.165) is 19.3 Å². The SMILES string of the molecule is C=CCn1c(=O)n(CC=C)c(=O)n(CCOc2cccc(C)c2)c1=O. The number of hydrogen-bond acceptors (Lipinski definition) is 4. The minimum atomic E-state index is -0.678. The molecule has 1 aromatic heterocycles. The van der Waals surface area contributed by atoms with Crippen LogP contribution in [0.2, 0.25) is 0 Å². The highest BCUT2D eigenvalue weighted by Crippen LogP contribution is 2.11. The summed E-state index contributed by atoms with van der Waals surface area (Å²) in [4.78, 5) is 37.1. The Hall–Kier alpha value is -3.09. The van der Waals surface area contributed by atoms with Gasteiger partial charge in [0.05, 0.1) is 19.6 Å². The van der Waals surface area contributed by atoms with E-state index in [-0.39, 0.29) is 26.2 Å². The second kappa shape index (κ2) is 8.14. The fourth-order valence-corrected chi connectivity index (χ4v) is 2.40.